The van der Waals surface area contributed by atoms with Gasteiger partial charge in [0.25, 0.3) is 0 Å². The monoisotopic (exact) mass is 1160 g/mol. The largest absolute Gasteiger partial charge is 0.391 e. The molecule has 7 atom stereocenters. The molecule has 5 aliphatic rings. The number of hydrogen-bond acceptors (Lipinski definition) is 13. The number of benzene rings is 3. The molecule has 3 aromatic heterocycles. The van der Waals surface area contributed by atoms with Crippen LogP contribution in [-0.4, -0.2) is 166 Å². The zero-order valence-corrected chi connectivity index (χ0v) is 48.0. The highest BCUT2D eigenvalue weighted by Crippen LogP contribution is 2.39. The third kappa shape index (κ3) is 11.5. The Morgan fingerprint density at radius 3 is 2.24 bits per heavy atom. The molecule has 3 aromatic carbocycles. The van der Waals surface area contributed by atoms with Crippen molar-refractivity contribution in [3.8, 4) is 21.6 Å². The summed E-state index contributed by atoms with van der Waals surface area (Å²) in [5, 5.41) is 17.2. The number of nitrogens with zero attached hydrogens (tertiary/aromatic N) is 7. The Hall–Kier alpha value is -6.76. The highest BCUT2D eigenvalue weighted by Gasteiger charge is 2.47. The number of pyridine rings is 1. The molecule has 0 radical (unpaired) electrons. The maximum atomic E-state index is 15.9. The molecule has 8 heterocycles. The number of nitrogens with one attached hydrogen (secondary N) is 4. The molecule has 11 rings (SSSR count). The lowest BCUT2D eigenvalue weighted by molar-refractivity contribution is -0.144. The number of amides is 3. The molecule has 5 saturated heterocycles. The van der Waals surface area contributed by atoms with Crippen LogP contribution in [0.5, 0.6) is 0 Å². The lowest BCUT2D eigenvalue weighted by atomic mass is 9.85. The quantitative estimate of drug-likeness (QED) is 0.0622. The minimum Gasteiger partial charge on any atom is -0.391 e. The summed E-state index contributed by atoms with van der Waals surface area (Å²) in [6.07, 6.45) is 3.63. The number of aliphatic hydroxyl groups is 1. The number of ketones is 1. The van der Waals surface area contributed by atoms with E-state index in [1.807, 2.05) is 81.2 Å². The van der Waals surface area contributed by atoms with Crippen molar-refractivity contribution < 1.29 is 45.9 Å². The van der Waals surface area contributed by atoms with Gasteiger partial charge in [0.2, 0.25) is 23.5 Å². The van der Waals surface area contributed by atoms with Gasteiger partial charge in [-0.1, -0.05) is 57.2 Å². The smallest absolute Gasteiger partial charge is 0.301 e. The van der Waals surface area contributed by atoms with Gasteiger partial charge < -0.3 is 30.5 Å². The molecule has 0 spiro atoms. The van der Waals surface area contributed by atoms with Crippen molar-refractivity contribution in [2.45, 2.75) is 115 Å². The van der Waals surface area contributed by atoms with Crippen molar-refractivity contribution in [2.24, 2.45) is 5.41 Å². The second-order valence-corrected chi connectivity index (χ2v) is 26.1. The fourth-order valence-electron chi connectivity index (χ4n) is 12.6. The average Bonchev–Trinajstić information content (AvgIpc) is 4.53. The number of aromatic nitrogens is 3. The third-order valence-corrected chi connectivity index (χ3v) is 19.5. The van der Waals surface area contributed by atoms with Crippen LogP contribution >= 0.6 is 11.3 Å². The Bertz CT molecular complexity index is 3510. The van der Waals surface area contributed by atoms with Crippen LogP contribution in [0.1, 0.15) is 93.0 Å². The molecular weight excluding hydrogens is 1100 g/mol. The van der Waals surface area contributed by atoms with E-state index >= 15 is 8.78 Å². The van der Waals surface area contributed by atoms with E-state index in [9.17, 15) is 37.1 Å². The van der Waals surface area contributed by atoms with Crippen molar-refractivity contribution in [1.29, 1.82) is 0 Å². The molecule has 5 aliphatic heterocycles. The van der Waals surface area contributed by atoms with E-state index in [0.717, 1.165) is 94.8 Å². The van der Waals surface area contributed by atoms with E-state index in [2.05, 4.69) is 52.4 Å². The Morgan fingerprint density at radius 2 is 1.59 bits per heavy atom. The third-order valence-electron chi connectivity index (χ3n) is 17.0. The summed E-state index contributed by atoms with van der Waals surface area (Å²) < 4.78 is 73.6. The first-order valence-corrected chi connectivity index (χ1v) is 30.3. The van der Waals surface area contributed by atoms with E-state index in [1.54, 1.807) is 23.6 Å². The van der Waals surface area contributed by atoms with Crippen LogP contribution < -0.4 is 20.3 Å². The number of H-pyrrole nitrogens is 1. The number of likely N-dealkylation sites (tertiary alicyclic amines) is 3. The normalized spacial score (nSPS) is 22.7. The summed E-state index contributed by atoms with van der Waals surface area (Å²) in [7, 11) is -4.38. The number of thiazole rings is 1. The number of carbonyl (C=O) groups is 4. The zero-order valence-electron chi connectivity index (χ0n) is 46.4. The summed E-state index contributed by atoms with van der Waals surface area (Å²) in [5.74, 6) is -4.61. The number of aryl methyl sites for hydroxylation is 1. The first-order valence-electron chi connectivity index (χ1n) is 28.0. The number of aliphatic hydroxyl groups excluding tert-OH is 1. The SMILES string of the molecule is Cc1ncsc1-c1ccc([C@H](C)NC(=O)[C@@H]2C[C@@H](O)CN2C(=O)[C@@H](NC(=O)CN2CCC(N3C[C@@H]4C[C@H]3CN4c3ccc(-c4cnc5[nH]cc(C(=O)c6c(F)ccc(NS(=O)(=O)N7CC[C@@H](F)C7)c6F)c5c4)cc3)CC2)C(C)(C)C)cc1. The van der Waals surface area contributed by atoms with Crippen LogP contribution in [0, 0.1) is 24.0 Å². The fourth-order valence-corrected chi connectivity index (χ4v) is 14.7. The summed E-state index contributed by atoms with van der Waals surface area (Å²) in [4.78, 5) is 77.3. The molecule has 3 amide bonds. The van der Waals surface area contributed by atoms with E-state index < -0.39 is 81.1 Å². The van der Waals surface area contributed by atoms with Crippen LogP contribution in [0.15, 0.2) is 84.6 Å². The second-order valence-electron chi connectivity index (χ2n) is 23.6. The molecular formula is C59H68F3N11O7S2. The van der Waals surface area contributed by atoms with Gasteiger partial charge in [-0.05, 0) is 92.0 Å². The molecule has 23 heteroatoms. The lowest BCUT2D eigenvalue weighted by Gasteiger charge is -2.43. The molecule has 6 aromatic rings. The summed E-state index contributed by atoms with van der Waals surface area (Å²) in [6, 6.07) is 18.3. The van der Waals surface area contributed by atoms with Gasteiger partial charge >= 0.3 is 10.2 Å². The Kier molecular flexibility index (Phi) is 15.9. The van der Waals surface area contributed by atoms with Crippen molar-refractivity contribution in [3.63, 3.8) is 0 Å². The van der Waals surface area contributed by atoms with Gasteiger partial charge in [-0.25, -0.2) is 23.1 Å². The van der Waals surface area contributed by atoms with Gasteiger partial charge in [-0.3, -0.25) is 33.7 Å². The van der Waals surface area contributed by atoms with Crippen LogP contribution in [-0.2, 0) is 24.6 Å². The number of carbonyl (C=O) groups excluding carboxylic acids is 4. The number of alkyl halides is 1. The first-order chi connectivity index (χ1) is 39.1. The maximum absolute atomic E-state index is 15.9. The molecule has 18 nitrogen and oxygen atoms in total. The molecule has 82 heavy (non-hydrogen) atoms. The highest BCUT2D eigenvalue weighted by molar-refractivity contribution is 7.90. The summed E-state index contributed by atoms with van der Waals surface area (Å²) in [6.45, 7) is 12.4. The van der Waals surface area contributed by atoms with Crippen LogP contribution in [0.4, 0.5) is 24.5 Å². The topological polar surface area (TPSA) is 217 Å². The van der Waals surface area contributed by atoms with Crippen molar-refractivity contribution in [2.75, 3.05) is 62.0 Å². The van der Waals surface area contributed by atoms with E-state index in [0.29, 0.717) is 34.7 Å². The van der Waals surface area contributed by atoms with Crippen molar-refractivity contribution in [1.82, 2.24) is 44.6 Å². The van der Waals surface area contributed by atoms with E-state index in [-0.39, 0.29) is 55.9 Å². The molecule has 0 saturated carbocycles. The summed E-state index contributed by atoms with van der Waals surface area (Å²) >= 11 is 1.57. The van der Waals surface area contributed by atoms with Gasteiger partial charge in [-0.2, -0.15) is 12.7 Å². The zero-order chi connectivity index (χ0) is 57.9. The number of anilines is 2. The van der Waals surface area contributed by atoms with Crippen LogP contribution in [0.25, 0.3) is 32.6 Å². The molecule has 434 valence electrons. The number of piperazine rings is 1. The average molecular weight is 1160 g/mol. The maximum Gasteiger partial charge on any atom is 0.301 e. The number of fused-ring (bicyclic) bond motifs is 3. The summed E-state index contributed by atoms with van der Waals surface area (Å²) in [5.41, 5.74) is 5.24. The lowest BCUT2D eigenvalue weighted by Crippen LogP contribution is -2.59. The minimum absolute atomic E-state index is 0.00629. The van der Waals surface area contributed by atoms with E-state index in [1.165, 1.54) is 11.1 Å². The Morgan fingerprint density at radius 1 is 0.854 bits per heavy atom. The molecule has 0 aliphatic carbocycles. The van der Waals surface area contributed by atoms with Gasteiger partial charge in [0, 0.05) is 105 Å². The van der Waals surface area contributed by atoms with Crippen LogP contribution in [0.3, 0.4) is 0 Å². The number of aromatic amines is 1. The first kappa shape index (κ1) is 57.1. The molecule has 0 unspecified atom stereocenters. The number of piperidine rings is 1. The van der Waals surface area contributed by atoms with Crippen molar-refractivity contribution in [3.05, 3.63) is 119 Å². The second kappa shape index (κ2) is 22.8. The van der Waals surface area contributed by atoms with Crippen molar-refractivity contribution >= 4 is 67.5 Å². The standard InChI is InChI=1S/C59H68F3N11O7S2/c1-33(35-6-8-37(9-7-35)54-34(2)65-32-81-54)66-57(77)49-24-44(74)30-73(49)58(78)55(59(3,4)5)67-50(75)31-69-19-17-41(18-20-69)72-29-42-23-43(72)28-71(42)40-12-10-36(11-13-40)38-22-45-46(26-64-56(45)63-25-38)53(76)51-47(61)14-15-48(52(51)62)68-82(79,80)70-21-16-39(60)27-70/h6-15,22,25-26,32-33,39,41-44,49,55,68,74H,16-21,23-24,27-31H2,1-5H3,(H,63,64)(H,66,77)(H,67,75)/t33-,39+,42-,43-,44+,49-,55+/m0/s1. The predicted octanol–water partition coefficient (Wildman–Crippen LogP) is 6.97. The number of halogens is 3. The molecule has 5 fully saturated rings. The molecule has 2 bridgehead atoms. The van der Waals surface area contributed by atoms with Gasteiger partial charge in [-0.15, -0.1) is 11.3 Å². The van der Waals surface area contributed by atoms with Crippen LogP contribution in [0.2, 0.25) is 0 Å². The van der Waals surface area contributed by atoms with Gasteiger partial charge in [0.15, 0.2) is 5.82 Å². The minimum atomic E-state index is -4.38. The number of hydrogen-bond donors (Lipinski definition) is 5. The van der Waals surface area contributed by atoms with E-state index in [4.69, 9.17) is 0 Å². The predicted molar refractivity (Wildman–Crippen MR) is 307 cm³/mol. The Balaban J connectivity index is 0.665. The molecule has 5 N–H and O–H groups in total. The Labute approximate surface area is 478 Å². The highest BCUT2D eigenvalue weighted by atomic mass is 32.2. The number of β-amino-alcohol motifs (C(OH)–C–C–N with tert-alkyl or cyclic N) is 1. The fraction of sp³-hybridized carbons (Fsp3) is 0.458. The number of rotatable bonds is 16. The van der Waals surface area contributed by atoms with Gasteiger partial charge in [0.05, 0.1) is 46.0 Å². The van der Waals surface area contributed by atoms with Gasteiger partial charge in [0.1, 0.15) is 29.7 Å².